The topological polar surface area (TPSA) is 101 Å². The summed E-state index contributed by atoms with van der Waals surface area (Å²) in [5.74, 6) is -0.237. The van der Waals surface area contributed by atoms with E-state index in [1.807, 2.05) is 24.4 Å². The standard InChI is InChI=1S/C15H20N4O3S/c1-3-4-7-19-13(16)12(14(21)17-15(19)22)18(2)11(20)9-10-6-5-8-23-10/h5-6,8H,3-4,7,9,16H2,1-2H3,(H,17,21,22). The van der Waals surface area contributed by atoms with E-state index in [1.54, 1.807) is 0 Å². The van der Waals surface area contributed by atoms with Crippen molar-refractivity contribution < 1.29 is 4.79 Å². The number of nitrogen functional groups attached to an aromatic ring is 1. The number of unbranched alkanes of at least 4 members (excludes halogenated alkanes) is 1. The lowest BCUT2D eigenvalue weighted by Crippen LogP contribution is -2.39. The molecule has 2 aromatic heterocycles. The number of nitrogens with one attached hydrogen (secondary N) is 1. The van der Waals surface area contributed by atoms with Gasteiger partial charge >= 0.3 is 5.69 Å². The Balaban J connectivity index is 2.35. The summed E-state index contributed by atoms with van der Waals surface area (Å²) in [5, 5.41) is 1.88. The minimum absolute atomic E-state index is 0.0160. The van der Waals surface area contributed by atoms with Crippen LogP contribution in [0.3, 0.4) is 0 Å². The maximum Gasteiger partial charge on any atom is 0.330 e. The molecule has 0 spiro atoms. The van der Waals surface area contributed by atoms with E-state index >= 15 is 0 Å². The van der Waals surface area contributed by atoms with Gasteiger partial charge in [-0.3, -0.25) is 19.1 Å². The minimum Gasteiger partial charge on any atom is -0.383 e. The highest BCUT2D eigenvalue weighted by molar-refractivity contribution is 7.10. The number of carbonyl (C=O) groups excluding carboxylic acids is 1. The number of rotatable bonds is 6. The van der Waals surface area contributed by atoms with Gasteiger partial charge in [-0.15, -0.1) is 11.3 Å². The first kappa shape index (κ1) is 17.0. The Bertz CT molecular complexity index is 792. The first-order valence-corrected chi connectivity index (χ1v) is 8.25. The molecular formula is C15H20N4O3S. The van der Waals surface area contributed by atoms with E-state index in [4.69, 9.17) is 5.73 Å². The number of H-pyrrole nitrogens is 1. The number of aromatic nitrogens is 2. The van der Waals surface area contributed by atoms with Crippen LogP contribution in [0.5, 0.6) is 0 Å². The van der Waals surface area contributed by atoms with E-state index in [1.165, 1.54) is 27.9 Å². The molecule has 0 aliphatic rings. The van der Waals surface area contributed by atoms with E-state index in [0.717, 1.165) is 17.7 Å². The molecule has 7 nitrogen and oxygen atoms in total. The van der Waals surface area contributed by atoms with Crippen molar-refractivity contribution in [2.45, 2.75) is 32.7 Å². The van der Waals surface area contributed by atoms with E-state index in [0.29, 0.717) is 6.54 Å². The Kier molecular flexibility index (Phi) is 5.38. The number of anilines is 2. The molecule has 8 heteroatoms. The number of carbonyl (C=O) groups is 1. The second kappa shape index (κ2) is 7.28. The summed E-state index contributed by atoms with van der Waals surface area (Å²) in [6.07, 6.45) is 1.82. The highest BCUT2D eigenvalue weighted by Crippen LogP contribution is 2.18. The zero-order valence-electron chi connectivity index (χ0n) is 13.2. The molecular weight excluding hydrogens is 316 g/mol. The molecule has 0 radical (unpaired) electrons. The second-order valence-corrected chi connectivity index (χ2v) is 6.24. The van der Waals surface area contributed by atoms with Gasteiger partial charge in [-0.05, 0) is 17.9 Å². The molecule has 0 unspecified atom stereocenters. The third kappa shape index (κ3) is 3.70. The molecule has 0 bridgehead atoms. The monoisotopic (exact) mass is 336 g/mol. The Morgan fingerprint density at radius 1 is 1.43 bits per heavy atom. The number of likely N-dealkylation sites (N-methyl/N-ethyl adjacent to an activating group) is 1. The number of amides is 1. The van der Waals surface area contributed by atoms with Crippen LogP contribution in [0.1, 0.15) is 24.6 Å². The van der Waals surface area contributed by atoms with Crippen LogP contribution in [0.15, 0.2) is 27.1 Å². The van der Waals surface area contributed by atoms with Crippen molar-refractivity contribution in [3.63, 3.8) is 0 Å². The molecule has 0 aliphatic carbocycles. The van der Waals surface area contributed by atoms with Crippen molar-refractivity contribution in [3.05, 3.63) is 43.2 Å². The average Bonchev–Trinajstić information content (AvgIpc) is 2.99. The van der Waals surface area contributed by atoms with Gasteiger partial charge in [0.05, 0.1) is 6.42 Å². The highest BCUT2D eigenvalue weighted by atomic mass is 32.1. The number of aromatic amines is 1. The van der Waals surface area contributed by atoms with E-state index in [2.05, 4.69) is 4.98 Å². The molecule has 0 aliphatic heterocycles. The summed E-state index contributed by atoms with van der Waals surface area (Å²) < 4.78 is 1.30. The Labute approximate surface area is 137 Å². The van der Waals surface area contributed by atoms with Crippen LogP contribution in [0.25, 0.3) is 0 Å². The maximum absolute atomic E-state index is 12.4. The van der Waals surface area contributed by atoms with Crippen molar-refractivity contribution >= 4 is 28.7 Å². The second-order valence-electron chi connectivity index (χ2n) is 5.21. The predicted octanol–water partition coefficient (Wildman–Crippen LogP) is 1.19. The lowest BCUT2D eigenvalue weighted by Gasteiger charge is -2.20. The summed E-state index contributed by atoms with van der Waals surface area (Å²) in [5.41, 5.74) is 4.80. The molecule has 0 saturated heterocycles. The fraction of sp³-hybridized carbons (Fsp3) is 0.400. The summed E-state index contributed by atoms with van der Waals surface area (Å²) in [6.45, 7) is 2.39. The summed E-state index contributed by atoms with van der Waals surface area (Å²) in [6, 6.07) is 3.71. The van der Waals surface area contributed by atoms with Crippen LogP contribution in [-0.4, -0.2) is 22.5 Å². The van der Waals surface area contributed by atoms with Gasteiger partial charge in [-0.2, -0.15) is 0 Å². The van der Waals surface area contributed by atoms with Crippen molar-refractivity contribution in [1.82, 2.24) is 9.55 Å². The first-order valence-electron chi connectivity index (χ1n) is 7.37. The quantitative estimate of drug-likeness (QED) is 0.827. The molecule has 0 atom stereocenters. The van der Waals surface area contributed by atoms with Gasteiger partial charge < -0.3 is 10.6 Å². The Hall–Kier alpha value is -2.35. The number of nitrogens with two attached hydrogens (primary N) is 1. The number of hydrogen-bond donors (Lipinski definition) is 2. The smallest absolute Gasteiger partial charge is 0.330 e. The van der Waals surface area contributed by atoms with Gasteiger partial charge in [0.25, 0.3) is 5.56 Å². The maximum atomic E-state index is 12.4. The first-order chi connectivity index (χ1) is 11.0. The zero-order chi connectivity index (χ0) is 17.0. The average molecular weight is 336 g/mol. The summed E-state index contributed by atoms with van der Waals surface area (Å²) in [4.78, 5) is 40.7. The number of thiophene rings is 1. The normalized spacial score (nSPS) is 10.7. The molecule has 0 aromatic carbocycles. The summed E-state index contributed by atoms with van der Waals surface area (Å²) >= 11 is 1.47. The fourth-order valence-corrected chi connectivity index (χ4v) is 2.94. The molecule has 1 amide bonds. The van der Waals surface area contributed by atoms with Gasteiger partial charge in [-0.1, -0.05) is 19.4 Å². The van der Waals surface area contributed by atoms with Crippen molar-refractivity contribution in [2.24, 2.45) is 0 Å². The van der Waals surface area contributed by atoms with Crippen LogP contribution < -0.4 is 21.9 Å². The largest absolute Gasteiger partial charge is 0.383 e. The number of nitrogens with zero attached hydrogens (tertiary/aromatic N) is 2. The molecule has 2 aromatic rings. The fourth-order valence-electron chi connectivity index (χ4n) is 2.25. The molecule has 0 saturated carbocycles. The minimum atomic E-state index is -0.651. The van der Waals surface area contributed by atoms with Crippen molar-refractivity contribution in [2.75, 3.05) is 17.7 Å². The van der Waals surface area contributed by atoms with Gasteiger partial charge in [0, 0.05) is 18.5 Å². The van der Waals surface area contributed by atoms with Crippen LogP contribution in [0.4, 0.5) is 11.5 Å². The van der Waals surface area contributed by atoms with Gasteiger partial charge in [0.15, 0.2) is 5.69 Å². The Morgan fingerprint density at radius 3 is 2.78 bits per heavy atom. The van der Waals surface area contributed by atoms with Gasteiger partial charge in [0.1, 0.15) is 5.82 Å². The van der Waals surface area contributed by atoms with E-state index < -0.39 is 11.2 Å². The molecule has 124 valence electrons. The third-order valence-corrected chi connectivity index (χ3v) is 4.44. The SMILES string of the molecule is CCCCn1c(N)c(N(C)C(=O)Cc2cccs2)c(=O)[nH]c1=O. The van der Waals surface area contributed by atoms with Crippen molar-refractivity contribution in [1.29, 1.82) is 0 Å². The van der Waals surface area contributed by atoms with Crippen molar-refractivity contribution in [3.8, 4) is 0 Å². The van der Waals surface area contributed by atoms with Crippen LogP contribution >= 0.6 is 11.3 Å². The predicted molar refractivity (Wildman–Crippen MR) is 92.1 cm³/mol. The highest BCUT2D eigenvalue weighted by Gasteiger charge is 2.21. The third-order valence-electron chi connectivity index (χ3n) is 3.56. The summed E-state index contributed by atoms with van der Waals surface area (Å²) in [7, 11) is 1.49. The van der Waals surface area contributed by atoms with Gasteiger partial charge in [-0.25, -0.2) is 4.79 Å². The van der Waals surface area contributed by atoms with Crippen LogP contribution in [-0.2, 0) is 17.8 Å². The Morgan fingerprint density at radius 2 is 2.17 bits per heavy atom. The van der Waals surface area contributed by atoms with Gasteiger partial charge in [0.2, 0.25) is 5.91 Å². The molecule has 2 heterocycles. The molecule has 2 rings (SSSR count). The lowest BCUT2D eigenvalue weighted by atomic mass is 10.3. The lowest BCUT2D eigenvalue weighted by molar-refractivity contribution is -0.117. The van der Waals surface area contributed by atoms with Crippen LogP contribution in [0.2, 0.25) is 0 Å². The van der Waals surface area contributed by atoms with Crippen LogP contribution in [0, 0.1) is 0 Å². The van der Waals surface area contributed by atoms with E-state index in [9.17, 15) is 14.4 Å². The molecule has 0 fully saturated rings. The van der Waals surface area contributed by atoms with E-state index in [-0.39, 0.29) is 23.8 Å². The molecule has 3 N–H and O–H groups in total. The zero-order valence-corrected chi connectivity index (χ0v) is 14.0. The molecule has 23 heavy (non-hydrogen) atoms. The number of hydrogen-bond acceptors (Lipinski definition) is 5.